The predicted octanol–water partition coefficient (Wildman–Crippen LogP) is 3.47. The van der Waals surface area contributed by atoms with Crippen molar-refractivity contribution in [1.82, 2.24) is 0 Å². The molecule has 4 nitrogen and oxygen atoms in total. The quantitative estimate of drug-likeness (QED) is 0.920. The maximum Gasteiger partial charge on any atom is 0.303 e. The number of aliphatic carboxylic acids is 1. The van der Waals surface area contributed by atoms with Gasteiger partial charge in [-0.05, 0) is 24.0 Å². The Bertz CT molecular complexity index is 473. The summed E-state index contributed by atoms with van der Waals surface area (Å²) in [6.07, 6.45) is 1.52. The van der Waals surface area contributed by atoms with Crippen molar-refractivity contribution in [1.29, 1.82) is 0 Å². The molecular weight excluding hydrogens is 268 g/mol. The highest BCUT2D eigenvalue weighted by Gasteiger charge is 2.18. The lowest BCUT2D eigenvalue weighted by atomic mass is 9.95. The lowest BCUT2D eigenvalue weighted by molar-refractivity contribution is -0.137. The van der Waals surface area contributed by atoms with Gasteiger partial charge in [-0.15, -0.1) is 0 Å². The van der Waals surface area contributed by atoms with E-state index in [4.69, 9.17) is 26.2 Å². The number of rotatable bonds is 4. The van der Waals surface area contributed by atoms with Gasteiger partial charge in [-0.3, -0.25) is 4.79 Å². The highest BCUT2D eigenvalue weighted by molar-refractivity contribution is 6.31. The second-order valence-electron chi connectivity index (χ2n) is 4.70. The molecule has 1 N–H and O–H groups in total. The van der Waals surface area contributed by atoms with Gasteiger partial charge in [0.1, 0.15) is 0 Å². The second-order valence-corrected chi connectivity index (χ2v) is 5.11. The zero-order valence-electron chi connectivity index (χ0n) is 10.8. The van der Waals surface area contributed by atoms with Gasteiger partial charge in [-0.1, -0.05) is 18.5 Å². The average Bonchev–Trinajstić information content (AvgIpc) is 2.59. The van der Waals surface area contributed by atoms with Crippen LogP contribution in [-0.4, -0.2) is 24.3 Å². The van der Waals surface area contributed by atoms with E-state index in [1.807, 2.05) is 13.0 Å². The summed E-state index contributed by atoms with van der Waals surface area (Å²) in [5, 5.41) is 9.33. The molecule has 1 aromatic rings. The molecule has 0 bridgehead atoms. The van der Waals surface area contributed by atoms with Crippen LogP contribution in [-0.2, 0) is 4.79 Å². The first-order valence-electron chi connectivity index (χ1n) is 6.38. The predicted molar refractivity (Wildman–Crippen MR) is 72.3 cm³/mol. The van der Waals surface area contributed by atoms with Gasteiger partial charge in [-0.25, -0.2) is 0 Å². The van der Waals surface area contributed by atoms with Gasteiger partial charge >= 0.3 is 5.97 Å². The van der Waals surface area contributed by atoms with E-state index < -0.39 is 5.97 Å². The Hall–Kier alpha value is -1.42. The van der Waals surface area contributed by atoms with E-state index >= 15 is 0 Å². The zero-order chi connectivity index (χ0) is 13.8. The van der Waals surface area contributed by atoms with Crippen molar-refractivity contribution in [2.45, 2.75) is 32.1 Å². The van der Waals surface area contributed by atoms with Gasteiger partial charge in [-0.2, -0.15) is 0 Å². The number of halogens is 1. The summed E-state index contributed by atoms with van der Waals surface area (Å²) in [7, 11) is 0. The van der Waals surface area contributed by atoms with Gasteiger partial charge < -0.3 is 14.6 Å². The number of carboxylic acids is 1. The summed E-state index contributed by atoms with van der Waals surface area (Å²) in [5.41, 5.74) is 0.909. The fraction of sp³-hybridized carbons (Fsp3) is 0.500. The van der Waals surface area contributed by atoms with Crippen molar-refractivity contribution in [3.63, 3.8) is 0 Å². The van der Waals surface area contributed by atoms with Gasteiger partial charge in [0.15, 0.2) is 11.5 Å². The third-order valence-electron chi connectivity index (χ3n) is 3.19. The maximum atomic E-state index is 10.6. The van der Waals surface area contributed by atoms with Crippen LogP contribution in [0.3, 0.4) is 0 Å². The molecule has 1 heterocycles. The minimum atomic E-state index is -0.794. The lowest BCUT2D eigenvalue weighted by Crippen LogP contribution is -2.02. The Morgan fingerprint density at radius 1 is 1.37 bits per heavy atom. The van der Waals surface area contributed by atoms with Crippen LogP contribution in [0.25, 0.3) is 0 Å². The van der Waals surface area contributed by atoms with Crippen LogP contribution in [0.15, 0.2) is 12.1 Å². The Balaban J connectivity index is 2.20. The standard InChI is InChI=1S/C14H17ClO4/c1-9(3-4-14(16)17)10-7-12-13(8-11(10)15)19-6-2-5-18-12/h7-9H,2-6H2,1H3,(H,16,17). The Labute approximate surface area is 117 Å². The minimum Gasteiger partial charge on any atom is -0.490 e. The van der Waals surface area contributed by atoms with Crippen molar-refractivity contribution < 1.29 is 19.4 Å². The molecule has 0 radical (unpaired) electrons. The molecule has 1 aliphatic rings. The molecule has 0 saturated heterocycles. The number of hydrogen-bond donors (Lipinski definition) is 1. The number of carbonyl (C=O) groups is 1. The van der Waals surface area contributed by atoms with Crippen molar-refractivity contribution in [2.24, 2.45) is 0 Å². The Kier molecular flexibility index (Phi) is 4.53. The smallest absolute Gasteiger partial charge is 0.303 e. The van der Waals surface area contributed by atoms with E-state index in [2.05, 4.69) is 0 Å². The number of hydrogen-bond acceptors (Lipinski definition) is 3. The van der Waals surface area contributed by atoms with Crippen LogP contribution in [0, 0.1) is 0 Å². The van der Waals surface area contributed by atoms with Crippen LogP contribution < -0.4 is 9.47 Å². The molecule has 0 saturated carbocycles. The number of fused-ring (bicyclic) bond motifs is 1. The molecule has 0 amide bonds. The highest BCUT2D eigenvalue weighted by Crippen LogP contribution is 2.38. The molecule has 5 heteroatoms. The highest BCUT2D eigenvalue weighted by atomic mass is 35.5. The first-order chi connectivity index (χ1) is 9.08. The van der Waals surface area contributed by atoms with Crippen LogP contribution in [0.1, 0.15) is 37.7 Å². The van der Waals surface area contributed by atoms with Crippen LogP contribution >= 0.6 is 11.6 Å². The fourth-order valence-electron chi connectivity index (χ4n) is 2.07. The van der Waals surface area contributed by atoms with Gasteiger partial charge in [0.25, 0.3) is 0 Å². The van der Waals surface area contributed by atoms with E-state index in [1.165, 1.54) is 0 Å². The lowest BCUT2D eigenvalue weighted by Gasteiger charge is -2.16. The largest absolute Gasteiger partial charge is 0.490 e. The fourth-order valence-corrected chi connectivity index (χ4v) is 2.41. The molecule has 19 heavy (non-hydrogen) atoms. The van der Waals surface area contributed by atoms with Crippen LogP contribution in [0.2, 0.25) is 5.02 Å². The van der Waals surface area contributed by atoms with Gasteiger partial charge in [0.05, 0.1) is 13.2 Å². The topological polar surface area (TPSA) is 55.8 Å². The third kappa shape index (κ3) is 3.53. The molecule has 104 valence electrons. The SMILES string of the molecule is CC(CCC(=O)O)c1cc2c(cc1Cl)OCCCO2. The van der Waals surface area contributed by atoms with Gasteiger partial charge in [0.2, 0.25) is 0 Å². The van der Waals surface area contributed by atoms with Gasteiger partial charge in [0, 0.05) is 23.9 Å². The van der Waals surface area contributed by atoms with Crippen molar-refractivity contribution in [3.05, 3.63) is 22.7 Å². The number of ether oxygens (including phenoxy) is 2. The summed E-state index contributed by atoms with van der Waals surface area (Å²) in [6.45, 7) is 3.21. The van der Waals surface area contributed by atoms with Crippen molar-refractivity contribution >= 4 is 17.6 Å². The average molecular weight is 285 g/mol. The normalized spacial score (nSPS) is 15.7. The first kappa shape index (κ1) is 14.0. The molecule has 1 unspecified atom stereocenters. The molecular formula is C14H17ClO4. The molecule has 0 spiro atoms. The summed E-state index contributed by atoms with van der Waals surface area (Å²) >= 11 is 6.24. The molecule has 0 aromatic heterocycles. The molecule has 1 aliphatic heterocycles. The Morgan fingerprint density at radius 2 is 2.00 bits per heavy atom. The molecule has 0 aliphatic carbocycles. The van der Waals surface area contributed by atoms with Crippen LogP contribution in [0.4, 0.5) is 0 Å². The summed E-state index contributed by atoms with van der Waals surface area (Å²) in [4.78, 5) is 10.6. The summed E-state index contributed by atoms with van der Waals surface area (Å²) < 4.78 is 11.2. The van der Waals surface area contributed by atoms with E-state index in [9.17, 15) is 4.79 Å². The summed E-state index contributed by atoms with van der Waals surface area (Å²) in [5.74, 6) is 0.633. The number of carboxylic acid groups (broad SMARTS) is 1. The first-order valence-corrected chi connectivity index (χ1v) is 6.76. The monoisotopic (exact) mass is 284 g/mol. The van der Waals surface area contributed by atoms with E-state index in [1.54, 1.807) is 6.07 Å². The molecule has 2 rings (SSSR count). The molecule has 1 atom stereocenters. The van der Waals surface area contributed by atoms with E-state index in [0.29, 0.717) is 36.2 Å². The van der Waals surface area contributed by atoms with E-state index in [0.717, 1.165) is 12.0 Å². The number of benzene rings is 1. The summed E-state index contributed by atoms with van der Waals surface area (Å²) in [6, 6.07) is 3.63. The molecule has 0 fully saturated rings. The third-order valence-corrected chi connectivity index (χ3v) is 3.52. The zero-order valence-corrected chi connectivity index (χ0v) is 11.6. The van der Waals surface area contributed by atoms with E-state index in [-0.39, 0.29) is 12.3 Å². The maximum absolute atomic E-state index is 10.6. The Morgan fingerprint density at radius 3 is 2.63 bits per heavy atom. The van der Waals surface area contributed by atoms with Crippen molar-refractivity contribution in [2.75, 3.05) is 13.2 Å². The van der Waals surface area contributed by atoms with Crippen LogP contribution in [0.5, 0.6) is 11.5 Å². The minimum absolute atomic E-state index is 0.0701. The van der Waals surface area contributed by atoms with Crippen molar-refractivity contribution in [3.8, 4) is 11.5 Å². The second kappa shape index (κ2) is 6.15. The molecule has 1 aromatic carbocycles.